The SMILES string of the molecule is CS(=O)(=O)OC1CC2(CCNCC2)C1. The third kappa shape index (κ3) is 2.27. The highest BCUT2D eigenvalue weighted by atomic mass is 32.2. The van der Waals surface area contributed by atoms with Crippen LogP contribution in [0, 0.1) is 5.41 Å². The number of hydrogen-bond donors (Lipinski definition) is 1. The average molecular weight is 219 g/mol. The number of hydrogen-bond acceptors (Lipinski definition) is 4. The Morgan fingerprint density at radius 1 is 1.29 bits per heavy atom. The van der Waals surface area contributed by atoms with Gasteiger partial charge in [-0.05, 0) is 44.2 Å². The van der Waals surface area contributed by atoms with Crippen molar-refractivity contribution < 1.29 is 12.6 Å². The van der Waals surface area contributed by atoms with Gasteiger partial charge in [-0.1, -0.05) is 0 Å². The van der Waals surface area contributed by atoms with Gasteiger partial charge < -0.3 is 5.32 Å². The fourth-order valence-electron chi connectivity index (χ4n) is 2.59. The van der Waals surface area contributed by atoms with E-state index in [1.165, 1.54) is 0 Å². The molecular formula is C9H17NO3S. The molecule has 0 amide bonds. The second-order valence-corrected chi connectivity index (χ2v) is 6.18. The fraction of sp³-hybridized carbons (Fsp3) is 1.00. The van der Waals surface area contributed by atoms with Crippen molar-refractivity contribution in [3.63, 3.8) is 0 Å². The maximum atomic E-state index is 10.9. The van der Waals surface area contributed by atoms with Gasteiger partial charge >= 0.3 is 0 Å². The van der Waals surface area contributed by atoms with E-state index in [1.807, 2.05) is 0 Å². The van der Waals surface area contributed by atoms with Gasteiger partial charge in [-0.3, -0.25) is 4.18 Å². The first-order chi connectivity index (χ1) is 6.49. The van der Waals surface area contributed by atoms with Crippen molar-refractivity contribution in [3.05, 3.63) is 0 Å². The van der Waals surface area contributed by atoms with E-state index in [1.54, 1.807) is 0 Å². The molecule has 14 heavy (non-hydrogen) atoms. The van der Waals surface area contributed by atoms with Crippen molar-refractivity contribution >= 4 is 10.1 Å². The molecule has 1 N–H and O–H groups in total. The zero-order valence-electron chi connectivity index (χ0n) is 8.45. The van der Waals surface area contributed by atoms with Crippen molar-refractivity contribution in [2.75, 3.05) is 19.3 Å². The monoisotopic (exact) mass is 219 g/mol. The van der Waals surface area contributed by atoms with Crippen molar-refractivity contribution in [1.29, 1.82) is 0 Å². The largest absolute Gasteiger partial charge is 0.317 e. The van der Waals surface area contributed by atoms with Crippen LogP contribution in [0.4, 0.5) is 0 Å². The molecule has 0 unspecified atom stereocenters. The zero-order valence-corrected chi connectivity index (χ0v) is 9.27. The van der Waals surface area contributed by atoms with Crippen LogP contribution in [-0.2, 0) is 14.3 Å². The van der Waals surface area contributed by atoms with E-state index in [-0.39, 0.29) is 6.10 Å². The number of rotatable bonds is 2. The van der Waals surface area contributed by atoms with Crippen LogP contribution in [0.3, 0.4) is 0 Å². The summed E-state index contributed by atoms with van der Waals surface area (Å²) in [6.07, 6.45) is 5.24. The second kappa shape index (κ2) is 3.47. The van der Waals surface area contributed by atoms with Gasteiger partial charge in [-0.15, -0.1) is 0 Å². The van der Waals surface area contributed by atoms with Gasteiger partial charge in [0.2, 0.25) is 0 Å². The van der Waals surface area contributed by atoms with Gasteiger partial charge in [0.25, 0.3) is 10.1 Å². The number of nitrogens with one attached hydrogen (secondary N) is 1. The standard InChI is InChI=1S/C9H17NO3S/c1-14(11,12)13-8-6-9(7-8)2-4-10-5-3-9/h8,10H,2-7H2,1H3. The number of piperidine rings is 1. The van der Waals surface area contributed by atoms with Gasteiger partial charge in [0.15, 0.2) is 0 Å². The lowest BCUT2D eigenvalue weighted by atomic mass is 9.62. The minimum absolute atomic E-state index is 0.0527. The molecule has 1 heterocycles. The van der Waals surface area contributed by atoms with E-state index < -0.39 is 10.1 Å². The molecule has 2 rings (SSSR count). The van der Waals surface area contributed by atoms with E-state index >= 15 is 0 Å². The van der Waals surface area contributed by atoms with Crippen LogP contribution in [0.1, 0.15) is 25.7 Å². The first-order valence-corrected chi connectivity index (χ1v) is 6.90. The Kier molecular flexibility index (Phi) is 2.57. The van der Waals surface area contributed by atoms with E-state index in [4.69, 9.17) is 4.18 Å². The first kappa shape index (κ1) is 10.4. The van der Waals surface area contributed by atoms with Crippen LogP contribution in [0.5, 0.6) is 0 Å². The minimum atomic E-state index is -3.26. The summed E-state index contributed by atoms with van der Waals surface area (Å²) in [4.78, 5) is 0. The van der Waals surface area contributed by atoms with E-state index in [0.29, 0.717) is 5.41 Å². The van der Waals surface area contributed by atoms with E-state index in [2.05, 4.69) is 5.32 Å². The molecule has 0 aromatic rings. The van der Waals surface area contributed by atoms with Gasteiger partial charge in [0.1, 0.15) is 0 Å². The van der Waals surface area contributed by atoms with E-state index in [0.717, 1.165) is 45.0 Å². The van der Waals surface area contributed by atoms with Crippen LogP contribution < -0.4 is 5.32 Å². The summed E-state index contributed by atoms with van der Waals surface area (Å²) in [6, 6.07) is 0. The maximum absolute atomic E-state index is 10.9. The van der Waals surface area contributed by atoms with Crippen molar-refractivity contribution in [1.82, 2.24) is 5.32 Å². The first-order valence-electron chi connectivity index (χ1n) is 5.08. The molecule has 0 aromatic carbocycles. The van der Waals surface area contributed by atoms with Crippen molar-refractivity contribution in [3.8, 4) is 0 Å². The highest BCUT2D eigenvalue weighted by molar-refractivity contribution is 7.86. The molecule has 82 valence electrons. The van der Waals surface area contributed by atoms with Crippen LogP contribution >= 0.6 is 0 Å². The highest BCUT2D eigenvalue weighted by Crippen LogP contribution is 2.49. The molecule has 1 saturated carbocycles. The molecule has 0 bridgehead atoms. The Morgan fingerprint density at radius 3 is 2.36 bits per heavy atom. The van der Waals surface area contributed by atoms with Gasteiger partial charge in [0, 0.05) is 0 Å². The van der Waals surface area contributed by atoms with E-state index in [9.17, 15) is 8.42 Å². The molecule has 2 aliphatic rings. The summed E-state index contributed by atoms with van der Waals surface area (Å²) in [5.41, 5.74) is 0.389. The molecule has 1 spiro atoms. The second-order valence-electron chi connectivity index (χ2n) is 4.58. The Morgan fingerprint density at radius 2 is 1.86 bits per heavy atom. The molecule has 0 aromatic heterocycles. The summed E-state index contributed by atoms with van der Waals surface area (Å²) in [5.74, 6) is 0. The van der Waals surface area contributed by atoms with Crippen molar-refractivity contribution in [2.24, 2.45) is 5.41 Å². The van der Waals surface area contributed by atoms with Crippen molar-refractivity contribution in [2.45, 2.75) is 31.8 Å². The molecular weight excluding hydrogens is 202 g/mol. The van der Waals surface area contributed by atoms with Crippen LogP contribution in [0.2, 0.25) is 0 Å². The third-order valence-corrected chi connectivity index (χ3v) is 3.92. The lowest BCUT2D eigenvalue weighted by Gasteiger charge is -2.49. The van der Waals surface area contributed by atoms with Gasteiger partial charge in [0.05, 0.1) is 12.4 Å². The minimum Gasteiger partial charge on any atom is -0.317 e. The smallest absolute Gasteiger partial charge is 0.264 e. The van der Waals surface area contributed by atoms with Gasteiger partial charge in [-0.2, -0.15) is 8.42 Å². The molecule has 1 saturated heterocycles. The third-order valence-electron chi connectivity index (χ3n) is 3.30. The van der Waals surface area contributed by atoms with Gasteiger partial charge in [-0.25, -0.2) is 0 Å². The average Bonchev–Trinajstić information content (AvgIpc) is 2.00. The molecule has 2 fully saturated rings. The zero-order chi connectivity index (χ0) is 10.2. The molecule has 0 atom stereocenters. The highest BCUT2D eigenvalue weighted by Gasteiger charge is 2.46. The molecule has 5 heteroatoms. The lowest BCUT2D eigenvalue weighted by molar-refractivity contribution is -0.0308. The van der Waals surface area contributed by atoms with Crippen LogP contribution in [0.25, 0.3) is 0 Å². The lowest BCUT2D eigenvalue weighted by Crippen LogP contribution is -2.49. The molecule has 0 radical (unpaired) electrons. The molecule has 4 nitrogen and oxygen atoms in total. The summed E-state index contributed by atoms with van der Waals surface area (Å²) >= 11 is 0. The predicted octanol–water partition coefficient (Wildman–Crippen LogP) is 0.495. The van der Waals surface area contributed by atoms with Crippen LogP contribution in [0.15, 0.2) is 0 Å². The Balaban J connectivity index is 1.83. The summed E-state index contributed by atoms with van der Waals surface area (Å²) in [5, 5.41) is 3.31. The Labute approximate surface area is 85.1 Å². The fourth-order valence-corrected chi connectivity index (χ4v) is 3.22. The summed E-state index contributed by atoms with van der Waals surface area (Å²) in [7, 11) is -3.26. The normalized spacial score (nSPS) is 27.5. The topological polar surface area (TPSA) is 55.4 Å². The maximum Gasteiger partial charge on any atom is 0.264 e. The molecule has 1 aliphatic carbocycles. The Hall–Kier alpha value is -0.130. The predicted molar refractivity (Wildman–Crippen MR) is 53.5 cm³/mol. The summed E-state index contributed by atoms with van der Waals surface area (Å²) < 4.78 is 26.7. The van der Waals surface area contributed by atoms with Crippen LogP contribution in [-0.4, -0.2) is 33.9 Å². The Bertz CT molecular complexity index is 298. The molecule has 1 aliphatic heterocycles. The summed E-state index contributed by atoms with van der Waals surface area (Å²) in [6.45, 7) is 2.12. The quantitative estimate of drug-likeness (QED) is 0.687.